The molecular weight excluding hydrogens is 496 g/mol. The summed E-state index contributed by atoms with van der Waals surface area (Å²) in [4.78, 5) is 24.4. The standard InChI is InChI=1S/C32H32O7/c1-29(2,3)32-30(4,5)17-37-31(32,38-39-32)20-12-13-22-19(15-20)11-14-24(33)25(22)26-21-10-8-7-9-18(21)16-23(27(26)34)28(35)36-6/h7-16,33-34H,17H2,1-6H3. The van der Waals surface area contributed by atoms with Crippen molar-refractivity contribution >= 4 is 27.5 Å². The third-order valence-electron chi connectivity index (χ3n) is 8.45. The highest BCUT2D eigenvalue weighted by molar-refractivity contribution is 6.13. The highest BCUT2D eigenvalue weighted by Crippen LogP contribution is 2.69. The van der Waals surface area contributed by atoms with Gasteiger partial charge in [0.25, 0.3) is 5.79 Å². The van der Waals surface area contributed by atoms with Gasteiger partial charge in [-0.05, 0) is 39.7 Å². The number of carbonyl (C=O) groups excluding carboxylic acids is 1. The number of esters is 1. The van der Waals surface area contributed by atoms with Gasteiger partial charge in [0.2, 0.25) is 0 Å². The summed E-state index contributed by atoms with van der Waals surface area (Å²) in [5, 5.41) is 25.4. The molecule has 2 aliphatic rings. The molecule has 0 aromatic heterocycles. The van der Waals surface area contributed by atoms with Crippen molar-refractivity contribution in [1.29, 1.82) is 0 Å². The third kappa shape index (κ3) is 3.18. The summed E-state index contributed by atoms with van der Waals surface area (Å²) >= 11 is 0. The van der Waals surface area contributed by atoms with Crippen molar-refractivity contribution in [2.45, 2.75) is 46.0 Å². The van der Waals surface area contributed by atoms with Crippen LogP contribution in [0.5, 0.6) is 11.5 Å². The summed E-state index contributed by atoms with van der Waals surface area (Å²) in [6.07, 6.45) is 0. The second kappa shape index (κ2) is 8.18. The second-order valence-corrected chi connectivity index (χ2v) is 12.1. The van der Waals surface area contributed by atoms with Crippen molar-refractivity contribution in [2.24, 2.45) is 10.8 Å². The Morgan fingerprint density at radius 2 is 1.59 bits per heavy atom. The van der Waals surface area contributed by atoms with Crippen molar-refractivity contribution in [1.82, 2.24) is 0 Å². The molecule has 2 saturated heterocycles. The van der Waals surface area contributed by atoms with Crippen LogP contribution in [-0.4, -0.2) is 35.5 Å². The number of phenols is 2. The van der Waals surface area contributed by atoms with Gasteiger partial charge < -0.3 is 19.7 Å². The van der Waals surface area contributed by atoms with Crippen LogP contribution in [-0.2, 0) is 25.0 Å². The molecule has 6 rings (SSSR count). The van der Waals surface area contributed by atoms with Crippen LogP contribution in [0.25, 0.3) is 32.7 Å². The van der Waals surface area contributed by atoms with Crippen molar-refractivity contribution in [3.05, 3.63) is 71.8 Å². The average Bonchev–Trinajstić information content (AvgIpc) is 3.04. The maximum atomic E-state index is 12.6. The molecular formula is C32H32O7. The summed E-state index contributed by atoms with van der Waals surface area (Å²) < 4.78 is 11.3. The number of methoxy groups -OCH3 is 1. The average molecular weight is 529 g/mol. The predicted octanol–water partition coefficient (Wildman–Crippen LogP) is 6.81. The zero-order valence-corrected chi connectivity index (χ0v) is 22.9. The maximum absolute atomic E-state index is 12.6. The van der Waals surface area contributed by atoms with Gasteiger partial charge in [-0.15, -0.1) is 0 Å². The first-order valence-corrected chi connectivity index (χ1v) is 13.0. The highest BCUT2D eigenvalue weighted by Gasteiger charge is 2.81. The normalized spacial score (nSPS) is 23.9. The molecule has 2 atom stereocenters. The Morgan fingerprint density at radius 3 is 2.26 bits per heavy atom. The molecule has 0 bridgehead atoms. The predicted molar refractivity (Wildman–Crippen MR) is 147 cm³/mol. The molecule has 7 nitrogen and oxygen atoms in total. The molecule has 2 heterocycles. The van der Waals surface area contributed by atoms with E-state index in [9.17, 15) is 15.0 Å². The minimum Gasteiger partial charge on any atom is -0.507 e. The van der Waals surface area contributed by atoms with E-state index in [0.29, 0.717) is 28.5 Å². The molecule has 2 aliphatic heterocycles. The number of hydrogen-bond donors (Lipinski definition) is 2. The lowest BCUT2D eigenvalue weighted by Crippen LogP contribution is -2.73. The van der Waals surface area contributed by atoms with Crippen LogP contribution in [0, 0.1) is 10.8 Å². The fourth-order valence-corrected chi connectivity index (χ4v) is 6.88. The zero-order valence-electron chi connectivity index (χ0n) is 22.9. The number of rotatable bonds is 3. The molecule has 4 aromatic rings. The van der Waals surface area contributed by atoms with Gasteiger partial charge in [-0.25, -0.2) is 9.68 Å². The lowest BCUT2D eigenvalue weighted by Gasteiger charge is -2.61. The molecule has 0 amide bonds. The van der Waals surface area contributed by atoms with Crippen molar-refractivity contribution in [2.75, 3.05) is 13.7 Å². The van der Waals surface area contributed by atoms with E-state index in [1.54, 1.807) is 12.1 Å². The van der Waals surface area contributed by atoms with E-state index in [-0.39, 0.29) is 27.9 Å². The Morgan fingerprint density at radius 1 is 0.897 bits per heavy atom. The Kier molecular flexibility index (Phi) is 5.37. The number of hydrogen-bond acceptors (Lipinski definition) is 7. The van der Waals surface area contributed by atoms with Crippen LogP contribution in [0.4, 0.5) is 0 Å². The summed E-state index contributed by atoms with van der Waals surface area (Å²) in [5.41, 5.74) is 0.232. The Labute approximate surface area is 226 Å². The molecule has 0 aliphatic carbocycles. The van der Waals surface area contributed by atoms with E-state index in [4.69, 9.17) is 19.2 Å². The lowest BCUT2D eigenvalue weighted by molar-refractivity contribution is -0.626. The highest BCUT2D eigenvalue weighted by atomic mass is 17.3. The molecule has 2 N–H and O–H groups in total. The second-order valence-electron chi connectivity index (χ2n) is 12.1. The Bertz CT molecular complexity index is 1670. The van der Waals surface area contributed by atoms with E-state index in [1.807, 2.05) is 48.5 Å². The SMILES string of the molecule is COC(=O)c1cc2ccccc2c(-c2c(O)ccc3cc(C45OCC(C)(C)C4(C(C)(C)C)OO5)ccc23)c1O. The molecule has 0 radical (unpaired) electrons. The zero-order chi connectivity index (χ0) is 28.0. The van der Waals surface area contributed by atoms with Crippen LogP contribution in [0.3, 0.4) is 0 Å². The van der Waals surface area contributed by atoms with Gasteiger partial charge in [0, 0.05) is 27.5 Å². The van der Waals surface area contributed by atoms with Crippen molar-refractivity contribution in [3.63, 3.8) is 0 Å². The van der Waals surface area contributed by atoms with E-state index in [2.05, 4.69) is 34.6 Å². The number of fused-ring (bicyclic) bond motifs is 3. The molecule has 0 spiro atoms. The van der Waals surface area contributed by atoms with E-state index in [0.717, 1.165) is 16.3 Å². The first-order valence-electron chi connectivity index (χ1n) is 13.0. The molecule has 2 unspecified atom stereocenters. The minimum absolute atomic E-state index is 0.0228. The smallest absolute Gasteiger partial charge is 0.341 e. The van der Waals surface area contributed by atoms with Crippen LogP contribution in [0.1, 0.15) is 50.5 Å². The summed E-state index contributed by atoms with van der Waals surface area (Å²) in [6, 6.07) is 18.2. The molecule has 2 fully saturated rings. The van der Waals surface area contributed by atoms with Gasteiger partial charge in [0.15, 0.2) is 5.60 Å². The summed E-state index contributed by atoms with van der Waals surface area (Å²) in [6.45, 7) is 11.1. The number of phenolic OH excluding ortho intramolecular Hbond substituents is 2. The number of benzene rings is 4. The summed E-state index contributed by atoms with van der Waals surface area (Å²) in [5.74, 6) is -2.04. The quantitative estimate of drug-likeness (QED) is 0.223. The van der Waals surface area contributed by atoms with Crippen molar-refractivity contribution < 1.29 is 34.3 Å². The van der Waals surface area contributed by atoms with Gasteiger partial charge in [-0.3, -0.25) is 0 Å². The van der Waals surface area contributed by atoms with Crippen LogP contribution in [0.2, 0.25) is 0 Å². The molecule has 0 saturated carbocycles. The molecule has 39 heavy (non-hydrogen) atoms. The maximum Gasteiger partial charge on any atom is 0.341 e. The van der Waals surface area contributed by atoms with Crippen molar-refractivity contribution in [3.8, 4) is 22.6 Å². The van der Waals surface area contributed by atoms with Gasteiger partial charge >= 0.3 is 5.97 Å². The molecule has 7 heteroatoms. The minimum atomic E-state index is -1.10. The van der Waals surface area contributed by atoms with Crippen LogP contribution in [0.15, 0.2) is 60.7 Å². The van der Waals surface area contributed by atoms with Crippen LogP contribution >= 0.6 is 0 Å². The number of ether oxygens (including phenoxy) is 2. The topological polar surface area (TPSA) is 94.5 Å². The van der Waals surface area contributed by atoms with E-state index < -0.39 is 17.4 Å². The number of aromatic hydroxyl groups is 2. The Balaban J connectivity index is 1.60. The van der Waals surface area contributed by atoms with Gasteiger partial charge in [0.1, 0.15) is 17.1 Å². The number of carbonyl (C=O) groups is 1. The fourth-order valence-electron chi connectivity index (χ4n) is 6.88. The molecule has 4 aromatic carbocycles. The van der Waals surface area contributed by atoms with Gasteiger partial charge in [-0.1, -0.05) is 77.1 Å². The summed E-state index contributed by atoms with van der Waals surface area (Å²) in [7, 11) is 1.27. The first-order chi connectivity index (χ1) is 18.4. The van der Waals surface area contributed by atoms with Gasteiger partial charge in [0.05, 0.1) is 13.7 Å². The first kappa shape index (κ1) is 25.6. The fraction of sp³-hybridized carbons (Fsp3) is 0.344. The van der Waals surface area contributed by atoms with Crippen LogP contribution < -0.4 is 0 Å². The Hall–Kier alpha value is -3.65. The van der Waals surface area contributed by atoms with E-state index >= 15 is 0 Å². The largest absolute Gasteiger partial charge is 0.507 e. The monoisotopic (exact) mass is 528 g/mol. The van der Waals surface area contributed by atoms with E-state index in [1.165, 1.54) is 7.11 Å². The lowest BCUT2D eigenvalue weighted by atomic mass is 9.57. The third-order valence-corrected chi connectivity index (χ3v) is 8.45. The molecule has 202 valence electrons. The van der Waals surface area contributed by atoms with Gasteiger partial charge in [-0.2, -0.15) is 4.89 Å².